The summed E-state index contributed by atoms with van der Waals surface area (Å²) in [5.74, 6) is -0.0207. The topological polar surface area (TPSA) is 40.5 Å². The fourth-order valence-electron chi connectivity index (χ4n) is 2.74. The number of hydrogen-bond donors (Lipinski definition) is 1. The molecule has 1 heterocycles. The molecule has 0 aromatic heterocycles. The highest BCUT2D eigenvalue weighted by Crippen LogP contribution is 2.24. The zero-order valence-electron chi connectivity index (χ0n) is 11.9. The molecule has 0 saturated carbocycles. The molecule has 0 unspecified atom stereocenters. The minimum atomic E-state index is -0.0650. The summed E-state index contributed by atoms with van der Waals surface area (Å²) in [6.45, 7) is 1.07. The number of halogens is 2. The van der Waals surface area contributed by atoms with Gasteiger partial charge in [-0.1, -0.05) is 35.3 Å². The third kappa shape index (κ3) is 3.12. The number of aliphatic hydroxyl groups excluding tert-OH is 1. The summed E-state index contributed by atoms with van der Waals surface area (Å²) in [7, 11) is 0. The molecule has 5 heteroatoms. The lowest BCUT2D eigenvalue weighted by atomic mass is 9.96. The molecular weight excluding hydrogens is 321 g/mol. The summed E-state index contributed by atoms with van der Waals surface area (Å²) in [6, 6.07) is 10.9. The number of carbonyl (C=O) groups is 1. The fourth-order valence-corrected chi connectivity index (χ4v) is 3.31. The third-order valence-corrected chi connectivity index (χ3v) is 4.26. The van der Waals surface area contributed by atoms with Crippen molar-refractivity contribution in [2.24, 2.45) is 0 Å². The molecule has 2 aromatic carbocycles. The summed E-state index contributed by atoms with van der Waals surface area (Å²) in [6.07, 6.45) is 0.807. The van der Waals surface area contributed by atoms with Crippen LogP contribution in [0.5, 0.6) is 0 Å². The van der Waals surface area contributed by atoms with Crippen LogP contribution in [0.15, 0.2) is 36.4 Å². The average molecular weight is 336 g/mol. The molecule has 1 aliphatic heterocycles. The van der Waals surface area contributed by atoms with Gasteiger partial charge in [0, 0.05) is 28.7 Å². The maximum absolute atomic E-state index is 12.6. The van der Waals surface area contributed by atoms with Gasteiger partial charge in [-0.05, 0) is 47.4 Å². The summed E-state index contributed by atoms with van der Waals surface area (Å²) >= 11 is 12.0. The van der Waals surface area contributed by atoms with Gasteiger partial charge in [0.2, 0.25) is 0 Å². The largest absolute Gasteiger partial charge is 0.392 e. The molecule has 0 atom stereocenters. The normalized spacial score (nSPS) is 14.1. The van der Waals surface area contributed by atoms with Crippen LogP contribution in [0.1, 0.15) is 27.0 Å². The molecule has 22 heavy (non-hydrogen) atoms. The van der Waals surface area contributed by atoms with E-state index < -0.39 is 0 Å². The smallest absolute Gasteiger partial charge is 0.254 e. The van der Waals surface area contributed by atoms with Gasteiger partial charge < -0.3 is 10.0 Å². The van der Waals surface area contributed by atoms with E-state index in [0.29, 0.717) is 28.7 Å². The van der Waals surface area contributed by atoms with Gasteiger partial charge in [-0.2, -0.15) is 0 Å². The van der Waals surface area contributed by atoms with E-state index in [1.165, 1.54) is 0 Å². The minimum absolute atomic E-state index is 0.0207. The highest BCUT2D eigenvalue weighted by Gasteiger charge is 2.24. The maximum atomic E-state index is 12.6. The Morgan fingerprint density at radius 3 is 2.45 bits per heavy atom. The lowest BCUT2D eigenvalue weighted by Crippen LogP contribution is -2.37. The van der Waals surface area contributed by atoms with Gasteiger partial charge in [0.15, 0.2) is 0 Å². The Morgan fingerprint density at radius 1 is 1.05 bits per heavy atom. The Bertz CT molecular complexity index is 710. The Morgan fingerprint density at radius 2 is 1.77 bits per heavy atom. The second kappa shape index (κ2) is 6.29. The van der Waals surface area contributed by atoms with E-state index in [9.17, 15) is 9.90 Å². The van der Waals surface area contributed by atoms with Crippen molar-refractivity contribution in [2.45, 2.75) is 19.6 Å². The monoisotopic (exact) mass is 335 g/mol. The van der Waals surface area contributed by atoms with Gasteiger partial charge in [-0.3, -0.25) is 4.79 Å². The molecule has 0 radical (unpaired) electrons. The Labute approximate surface area is 139 Å². The first-order valence-electron chi connectivity index (χ1n) is 7.04. The van der Waals surface area contributed by atoms with Gasteiger partial charge in [0.1, 0.15) is 0 Å². The number of fused-ring (bicyclic) bond motifs is 1. The lowest BCUT2D eigenvalue weighted by Gasteiger charge is -2.29. The van der Waals surface area contributed by atoms with Crippen molar-refractivity contribution < 1.29 is 9.90 Å². The van der Waals surface area contributed by atoms with Gasteiger partial charge >= 0.3 is 0 Å². The van der Waals surface area contributed by atoms with E-state index in [-0.39, 0.29) is 12.5 Å². The summed E-state index contributed by atoms with van der Waals surface area (Å²) in [5.41, 5.74) is 3.36. The molecule has 0 saturated heterocycles. The van der Waals surface area contributed by atoms with Crippen molar-refractivity contribution >= 4 is 29.1 Å². The Balaban J connectivity index is 1.86. The summed E-state index contributed by atoms with van der Waals surface area (Å²) in [5, 5.41) is 10.4. The molecule has 1 N–H and O–H groups in total. The molecule has 114 valence electrons. The number of carbonyl (C=O) groups excluding carboxylic acids is 1. The van der Waals surface area contributed by atoms with Crippen LogP contribution in [0.3, 0.4) is 0 Å². The number of amides is 1. The number of hydrogen-bond acceptors (Lipinski definition) is 2. The molecule has 2 aromatic rings. The van der Waals surface area contributed by atoms with Crippen molar-refractivity contribution in [1.82, 2.24) is 4.90 Å². The standard InChI is InChI=1S/C17H15Cl2NO2/c18-14-5-12(6-15(19)8-14)9-20-4-3-13-2-1-11(10-21)7-16(13)17(20)22/h1-2,5-8,21H,3-4,9-10H2. The molecule has 3 rings (SSSR count). The summed E-state index contributed by atoms with van der Waals surface area (Å²) < 4.78 is 0. The van der Waals surface area contributed by atoms with E-state index in [1.807, 2.05) is 24.3 Å². The maximum Gasteiger partial charge on any atom is 0.254 e. The predicted molar refractivity (Wildman–Crippen MR) is 87.3 cm³/mol. The Hall–Kier alpha value is -1.55. The average Bonchev–Trinajstić information content (AvgIpc) is 2.49. The van der Waals surface area contributed by atoms with Crippen molar-refractivity contribution in [3.8, 4) is 0 Å². The van der Waals surface area contributed by atoms with Crippen molar-refractivity contribution in [3.05, 3.63) is 68.7 Å². The fraction of sp³-hybridized carbons (Fsp3) is 0.235. The molecular formula is C17H15Cl2NO2. The minimum Gasteiger partial charge on any atom is -0.392 e. The first kappa shape index (κ1) is 15.3. The van der Waals surface area contributed by atoms with E-state index >= 15 is 0 Å². The van der Waals surface area contributed by atoms with E-state index in [0.717, 1.165) is 23.1 Å². The molecule has 0 spiro atoms. The first-order chi connectivity index (χ1) is 10.6. The van der Waals surface area contributed by atoms with E-state index in [1.54, 1.807) is 17.0 Å². The number of benzene rings is 2. The van der Waals surface area contributed by atoms with Crippen molar-refractivity contribution in [3.63, 3.8) is 0 Å². The highest BCUT2D eigenvalue weighted by atomic mass is 35.5. The van der Waals surface area contributed by atoms with Crippen LogP contribution < -0.4 is 0 Å². The van der Waals surface area contributed by atoms with Crippen LogP contribution in [0.25, 0.3) is 0 Å². The predicted octanol–water partition coefficient (Wildman–Crippen LogP) is 3.68. The van der Waals surface area contributed by atoms with Crippen LogP contribution in [0, 0.1) is 0 Å². The van der Waals surface area contributed by atoms with Crippen molar-refractivity contribution in [1.29, 1.82) is 0 Å². The lowest BCUT2D eigenvalue weighted by molar-refractivity contribution is 0.0727. The van der Waals surface area contributed by atoms with Gasteiger partial charge in [-0.15, -0.1) is 0 Å². The molecule has 1 amide bonds. The molecule has 0 bridgehead atoms. The first-order valence-corrected chi connectivity index (χ1v) is 7.79. The van der Waals surface area contributed by atoms with Crippen LogP contribution in [0.2, 0.25) is 10.0 Å². The zero-order chi connectivity index (χ0) is 15.7. The van der Waals surface area contributed by atoms with Crippen LogP contribution in [0.4, 0.5) is 0 Å². The second-order valence-corrected chi connectivity index (χ2v) is 6.28. The SMILES string of the molecule is O=C1c2cc(CO)ccc2CCN1Cc1cc(Cl)cc(Cl)c1. The summed E-state index contributed by atoms with van der Waals surface area (Å²) in [4.78, 5) is 14.4. The Kier molecular flexibility index (Phi) is 4.39. The number of rotatable bonds is 3. The van der Waals surface area contributed by atoms with Gasteiger partial charge in [-0.25, -0.2) is 0 Å². The zero-order valence-corrected chi connectivity index (χ0v) is 13.4. The van der Waals surface area contributed by atoms with Crippen LogP contribution in [-0.2, 0) is 19.6 Å². The van der Waals surface area contributed by atoms with Crippen LogP contribution in [-0.4, -0.2) is 22.5 Å². The number of aliphatic hydroxyl groups is 1. The third-order valence-electron chi connectivity index (χ3n) is 3.82. The van der Waals surface area contributed by atoms with Gasteiger partial charge in [0.05, 0.1) is 6.61 Å². The van der Waals surface area contributed by atoms with E-state index in [4.69, 9.17) is 23.2 Å². The van der Waals surface area contributed by atoms with E-state index in [2.05, 4.69) is 0 Å². The van der Waals surface area contributed by atoms with Crippen LogP contribution >= 0.6 is 23.2 Å². The quantitative estimate of drug-likeness (QED) is 0.929. The number of nitrogens with zero attached hydrogens (tertiary/aromatic N) is 1. The molecule has 0 fully saturated rings. The molecule has 0 aliphatic carbocycles. The molecule has 3 nitrogen and oxygen atoms in total. The van der Waals surface area contributed by atoms with Gasteiger partial charge in [0.25, 0.3) is 5.91 Å². The molecule has 1 aliphatic rings. The second-order valence-electron chi connectivity index (χ2n) is 5.40. The van der Waals surface area contributed by atoms with Crippen molar-refractivity contribution in [2.75, 3.05) is 6.54 Å². The highest BCUT2D eigenvalue weighted by molar-refractivity contribution is 6.34.